The second-order valence-corrected chi connectivity index (χ2v) is 34.5. The minimum absolute atomic E-state index is 0.0696. The van der Waals surface area contributed by atoms with Crippen LogP contribution in [-0.2, 0) is 53.1 Å². The third-order valence-electron chi connectivity index (χ3n) is 25.4. The van der Waals surface area contributed by atoms with Gasteiger partial charge < -0.3 is 67.5 Å². The molecule has 4 aromatic heterocycles. The lowest BCUT2D eigenvalue weighted by Crippen LogP contribution is -2.44. The molecule has 640 valence electrons. The van der Waals surface area contributed by atoms with Crippen molar-refractivity contribution >= 4 is 52.8 Å². The third-order valence-corrected chi connectivity index (χ3v) is 25.6. The minimum atomic E-state index is -0.0696. The molecule has 0 radical (unpaired) electrons. The highest BCUT2D eigenvalue weighted by molar-refractivity contribution is 6.29. The van der Waals surface area contributed by atoms with Gasteiger partial charge >= 0.3 is 0 Å². The van der Waals surface area contributed by atoms with E-state index in [2.05, 4.69) is 169 Å². The van der Waals surface area contributed by atoms with Crippen molar-refractivity contribution in [3.63, 3.8) is 0 Å². The fourth-order valence-electron chi connectivity index (χ4n) is 18.3. The summed E-state index contributed by atoms with van der Waals surface area (Å²) in [7, 11) is 3.33. The lowest BCUT2D eigenvalue weighted by Gasteiger charge is -2.34. The van der Waals surface area contributed by atoms with Crippen molar-refractivity contribution in [1.82, 2.24) is 39.9 Å². The summed E-state index contributed by atoms with van der Waals surface area (Å²) < 4.78 is 40.6. The number of morpholine rings is 3. The minimum Gasteiger partial charge on any atom is -0.497 e. The zero-order valence-electron chi connectivity index (χ0n) is 70.4. The van der Waals surface area contributed by atoms with Crippen LogP contribution in [0.5, 0.6) is 23.3 Å². The first kappa shape index (κ1) is 83.5. The maximum absolute atomic E-state index is 12.4. The molecule has 0 bridgehead atoms. The third kappa shape index (κ3) is 22.5. The molecule has 6 aromatic carbocycles. The van der Waals surface area contributed by atoms with Gasteiger partial charge in [-0.05, 0) is 191 Å². The highest BCUT2D eigenvalue weighted by Gasteiger charge is 2.40. The van der Waals surface area contributed by atoms with Gasteiger partial charge in [0.15, 0.2) is 0 Å². The highest BCUT2D eigenvalue weighted by atomic mass is 35.5. The molecule has 0 amide bonds. The van der Waals surface area contributed by atoms with E-state index in [4.69, 9.17) is 64.7 Å². The zero-order chi connectivity index (χ0) is 82.9. The van der Waals surface area contributed by atoms with Crippen molar-refractivity contribution in [2.45, 2.75) is 171 Å². The van der Waals surface area contributed by atoms with Crippen LogP contribution in [0.4, 0.5) is 41.2 Å². The first-order valence-electron chi connectivity index (χ1n) is 44.5. The van der Waals surface area contributed by atoms with Crippen molar-refractivity contribution in [3.8, 4) is 23.3 Å². The number of H-pyrrole nitrogens is 2. The van der Waals surface area contributed by atoms with Crippen LogP contribution in [0.15, 0.2) is 204 Å². The summed E-state index contributed by atoms with van der Waals surface area (Å²) in [5.41, 5.74) is 7.31. The van der Waals surface area contributed by atoms with E-state index in [-0.39, 0.29) is 23.3 Å². The van der Waals surface area contributed by atoms with E-state index in [0.717, 1.165) is 207 Å². The fraction of sp³-hybridized carbons (Fsp3) is 0.464. The van der Waals surface area contributed by atoms with Crippen LogP contribution in [0, 0.1) is 17.8 Å². The predicted molar refractivity (Wildman–Crippen MR) is 480 cm³/mol. The highest BCUT2D eigenvalue weighted by Crippen LogP contribution is 2.41. The molecule has 20 rings (SSSR count). The summed E-state index contributed by atoms with van der Waals surface area (Å²) in [5.74, 6) is 10.2. The van der Waals surface area contributed by atoms with E-state index >= 15 is 0 Å². The Morgan fingerprint density at radius 3 is 1.04 bits per heavy atom. The number of benzene rings is 6. The largest absolute Gasteiger partial charge is 0.497 e. The molecule has 10 fully saturated rings. The quantitative estimate of drug-likeness (QED) is 0.0480. The Bertz CT molecular complexity index is 4950. The van der Waals surface area contributed by atoms with Crippen molar-refractivity contribution in [1.29, 1.82) is 0 Å². The molecule has 7 unspecified atom stereocenters. The number of halogens is 1. The maximum Gasteiger partial charge on any atom is 0.254 e. The molecule has 3 aliphatic carbocycles. The number of aromatic amines is 2. The van der Waals surface area contributed by atoms with E-state index in [0.29, 0.717) is 97.3 Å². The molecule has 0 spiro atoms. The van der Waals surface area contributed by atoms with Crippen LogP contribution >= 0.6 is 11.6 Å². The van der Waals surface area contributed by atoms with Crippen LogP contribution in [0.1, 0.15) is 123 Å². The number of aromatic nitrogens is 8. The summed E-state index contributed by atoms with van der Waals surface area (Å²) >= 11 is 6.28. The normalized spacial score (nSPS) is 22.0. The molecule has 122 heavy (non-hydrogen) atoms. The first-order chi connectivity index (χ1) is 60.0. The molecule has 7 aliphatic heterocycles. The summed E-state index contributed by atoms with van der Waals surface area (Å²) in [6, 6.07) is 66.6. The molecule has 7 atom stereocenters. The van der Waals surface area contributed by atoms with Crippen molar-refractivity contribution in [2.75, 3.05) is 134 Å². The number of rotatable bonds is 26. The molecular formula is C97H116ClN15O9. The summed E-state index contributed by atoms with van der Waals surface area (Å²) in [6.07, 6.45) is 21.5. The number of methoxy groups -OCH3 is 2. The maximum atomic E-state index is 12.4. The summed E-state index contributed by atoms with van der Waals surface area (Å²) in [4.78, 5) is 75.8. The summed E-state index contributed by atoms with van der Waals surface area (Å²) in [5, 5.41) is 0.394. The van der Waals surface area contributed by atoms with Crippen LogP contribution in [0.2, 0.25) is 5.15 Å². The average molecular weight is 1670 g/mol. The smallest absolute Gasteiger partial charge is 0.254 e. The lowest BCUT2D eigenvalue weighted by molar-refractivity contribution is 0.0260. The van der Waals surface area contributed by atoms with Crippen LogP contribution in [0.25, 0.3) is 0 Å². The molecule has 11 heterocycles. The van der Waals surface area contributed by atoms with Crippen LogP contribution < -0.4 is 64.4 Å². The molecule has 24 nitrogen and oxygen atoms in total. The Balaban J connectivity index is 0.000000116. The van der Waals surface area contributed by atoms with Gasteiger partial charge in [-0.25, -0.2) is 4.98 Å². The van der Waals surface area contributed by atoms with E-state index < -0.39 is 0 Å². The molecule has 3 saturated carbocycles. The molecule has 10 aliphatic rings. The second-order valence-electron chi connectivity index (χ2n) is 34.1. The molecular weight excluding hydrogens is 1550 g/mol. The Kier molecular flexibility index (Phi) is 27.7. The number of hydrogen-bond acceptors (Lipinski definition) is 22. The van der Waals surface area contributed by atoms with E-state index in [1.807, 2.05) is 60.7 Å². The SMILES string of the molecule is COc1ccc(COc2cc(Cl)nc(N3CCCC3Cc3ccccc3)n2)cc1.COc1ccc(COc2cc(N3CCOC(C4CC4)C3)nc(N3CCCC3Cc3ccccc3)n2)cc1.O=c1cc(N2CCOC(C3CC3)C2)nc(N2CCCC2Cc2ccccc2)[nH]1.O=c1cc(N2CCOC(C3CC3)C2)nc(N2CCCC2Cc2ccccc2)[nH]1. The number of nitrogens with one attached hydrogen (secondary N) is 2. The van der Waals surface area contributed by atoms with Gasteiger partial charge in [0.25, 0.3) is 11.1 Å². The van der Waals surface area contributed by atoms with E-state index in [1.54, 1.807) is 32.4 Å². The van der Waals surface area contributed by atoms with Gasteiger partial charge in [-0.3, -0.25) is 19.6 Å². The monoisotopic (exact) mass is 1670 g/mol. The predicted octanol–water partition coefficient (Wildman–Crippen LogP) is 15.0. The Labute approximate surface area is 721 Å². The standard InChI is InChI=1S/C30H36N4O3.C23H24ClN3O2.2C22H28N4O2/c1-35-26-13-9-23(10-14-26)21-37-29-19-28(33-16-17-36-27(20-33)24-11-12-24)31-30(32-29)34-15-5-8-25(34)18-22-6-3-2-4-7-22;1-28-20-11-9-18(10-12-20)16-29-22-15-21(24)25-23(26-22)27-13-5-8-19(27)14-17-6-3-2-4-7-17;2*27-21-14-20(25-11-12-28-19(15-25)17-8-9-17)23-22(24-21)26-10-4-7-18(26)13-16-5-2-1-3-6-16/h2-4,6-7,9-10,13-14,19,24-25,27H,5,8,11-12,15-18,20-21H2,1H3;2-4,6-7,9-12,15,19H,5,8,13-14,16H2,1H3;2*1-3,5-6,14,17-19H,4,7-13,15H2,(H,23,24,27). The van der Waals surface area contributed by atoms with Gasteiger partial charge in [0, 0.05) is 114 Å². The van der Waals surface area contributed by atoms with E-state index in [1.165, 1.54) is 60.8 Å². The number of ether oxygens (including phenoxy) is 7. The van der Waals surface area contributed by atoms with Gasteiger partial charge in [0.1, 0.15) is 47.3 Å². The molecule has 10 aromatic rings. The number of nitrogens with zero attached hydrogens (tertiary/aromatic N) is 13. The lowest BCUT2D eigenvalue weighted by atomic mass is 10.0. The van der Waals surface area contributed by atoms with E-state index in [9.17, 15) is 9.59 Å². The Hall–Kier alpha value is -10.8. The Morgan fingerprint density at radius 2 is 0.689 bits per heavy atom. The molecule has 2 N–H and O–H groups in total. The van der Waals surface area contributed by atoms with Gasteiger partial charge in [0.2, 0.25) is 35.6 Å². The topological polar surface area (TPSA) is 230 Å². The molecule has 25 heteroatoms. The Morgan fingerprint density at radius 1 is 0.361 bits per heavy atom. The first-order valence-corrected chi connectivity index (χ1v) is 44.9. The average Bonchev–Trinajstić information content (AvgIpc) is 1.51. The van der Waals surface area contributed by atoms with Gasteiger partial charge in [0.05, 0.1) is 52.4 Å². The van der Waals surface area contributed by atoms with Crippen LogP contribution in [-0.4, -0.2) is 182 Å². The van der Waals surface area contributed by atoms with Crippen LogP contribution in [0.3, 0.4) is 0 Å². The van der Waals surface area contributed by atoms with Gasteiger partial charge in [-0.2, -0.15) is 24.9 Å². The van der Waals surface area contributed by atoms with Crippen molar-refractivity contribution in [2.24, 2.45) is 17.8 Å². The molecule has 7 saturated heterocycles. The number of anilines is 7. The van der Waals surface area contributed by atoms with Gasteiger partial charge in [-0.15, -0.1) is 0 Å². The van der Waals surface area contributed by atoms with Gasteiger partial charge in [-0.1, -0.05) is 157 Å². The fourth-order valence-corrected chi connectivity index (χ4v) is 18.5. The van der Waals surface area contributed by atoms with Crippen molar-refractivity contribution in [3.05, 3.63) is 253 Å². The number of hydrogen-bond donors (Lipinski definition) is 2. The second kappa shape index (κ2) is 40.5. The van der Waals surface area contributed by atoms with Crippen molar-refractivity contribution < 1.29 is 33.2 Å². The summed E-state index contributed by atoms with van der Waals surface area (Å²) in [6.45, 7) is 11.8. The zero-order valence-corrected chi connectivity index (χ0v) is 71.2.